The van der Waals surface area contributed by atoms with Crippen molar-refractivity contribution >= 4 is 24.1 Å². The molecule has 1 heteroatoms. The van der Waals surface area contributed by atoms with Crippen molar-refractivity contribution in [3.63, 3.8) is 0 Å². The molecule has 0 radical (unpaired) electrons. The van der Waals surface area contributed by atoms with E-state index in [1.165, 1.54) is 74.9 Å². The van der Waals surface area contributed by atoms with E-state index in [0.29, 0.717) is 5.92 Å². The van der Waals surface area contributed by atoms with Crippen molar-refractivity contribution in [1.29, 1.82) is 0 Å². The van der Waals surface area contributed by atoms with Crippen LogP contribution in [0.25, 0.3) is 16.8 Å². The summed E-state index contributed by atoms with van der Waals surface area (Å²) in [5.41, 5.74) is 6.38. The van der Waals surface area contributed by atoms with Crippen molar-refractivity contribution in [3.05, 3.63) is 53.6 Å². The van der Waals surface area contributed by atoms with E-state index in [2.05, 4.69) is 48.6 Å². The second-order valence-corrected chi connectivity index (χ2v) is 16.4. The molecule has 4 aliphatic rings. The van der Waals surface area contributed by atoms with Crippen LogP contribution in [0.4, 0.5) is 0 Å². The lowest BCUT2D eigenvalue weighted by molar-refractivity contribution is 0.449. The Morgan fingerprint density at radius 1 is 0.606 bits per heavy atom. The molecule has 6 rings (SSSR count). The number of hydrogen-bond donors (Lipinski definition) is 0. The van der Waals surface area contributed by atoms with Gasteiger partial charge in [-0.1, -0.05) is 67.8 Å². The maximum atomic E-state index is 2.65. The minimum absolute atomic E-state index is 0.655. The molecule has 0 saturated heterocycles. The Morgan fingerprint density at radius 2 is 1.12 bits per heavy atom. The van der Waals surface area contributed by atoms with Crippen LogP contribution in [0.3, 0.4) is 0 Å². The molecule has 0 N–H and O–H groups in total. The summed E-state index contributed by atoms with van der Waals surface area (Å²) >= 11 is 0. The molecule has 176 valence electrons. The highest BCUT2D eigenvalue weighted by atomic mass is 31.2. The van der Waals surface area contributed by atoms with E-state index in [1.54, 1.807) is 49.5 Å². The number of benzene rings is 2. The van der Waals surface area contributed by atoms with Crippen LogP contribution in [0.1, 0.15) is 113 Å². The lowest BCUT2D eigenvalue weighted by Gasteiger charge is -2.50. The number of allylic oxidation sites excluding steroid dienone is 1. The standard InChI is InChI=1S/C32H44P/c1-4-15-28(16-5-1)33(29-17-6-2-7-18-29,30-19-8-3-9-20-30)24-27-23-22-26-13-10-12-25-14-11-21-31(27)32(25)26/h10-14,21-23,27-30H,1-9,15-20,24H2/q+1. The first-order valence-electron chi connectivity index (χ1n) is 14.4. The van der Waals surface area contributed by atoms with E-state index in [9.17, 15) is 0 Å². The van der Waals surface area contributed by atoms with E-state index in [-0.39, 0.29) is 0 Å². The summed E-state index contributed by atoms with van der Waals surface area (Å²) in [7, 11) is -1.06. The maximum absolute atomic E-state index is 2.65. The zero-order chi connectivity index (χ0) is 22.1. The molecular formula is C32H44P+. The predicted octanol–water partition coefficient (Wildman–Crippen LogP) is 9.97. The van der Waals surface area contributed by atoms with Gasteiger partial charge in [0.15, 0.2) is 0 Å². The van der Waals surface area contributed by atoms with Gasteiger partial charge in [-0.25, -0.2) is 0 Å². The summed E-state index contributed by atoms with van der Waals surface area (Å²) in [5, 5.41) is 3.03. The third-order valence-electron chi connectivity index (χ3n) is 10.2. The van der Waals surface area contributed by atoms with Crippen LogP contribution in [-0.2, 0) is 0 Å². The van der Waals surface area contributed by atoms with Gasteiger partial charge in [-0.05, 0) is 98.9 Å². The molecule has 0 spiro atoms. The molecule has 3 fully saturated rings. The topological polar surface area (TPSA) is 0 Å². The molecule has 1 unspecified atom stereocenters. The summed E-state index contributed by atoms with van der Waals surface area (Å²) in [6.45, 7) is 0. The highest BCUT2D eigenvalue weighted by Gasteiger charge is 2.57. The predicted molar refractivity (Wildman–Crippen MR) is 148 cm³/mol. The summed E-state index contributed by atoms with van der Waals surface area (Å²) < 4.78 is 0. The molecule has 1 atom stereocenters. The van der Waals surface area contributed by atoms with Gasteiger partial charge in [0.25, 0.3) is 0 Å². The van der Waals surface area contributed by atoms with Crippen LogP contribution < -0.4 is 0 Å². The smallest absolute Gasteiger partial charge is 0.0706 e. The van der Waals surface area contributed by atoms with Crippen molar-refractivity contribution in [2.75, 3.05) is 6.16 Å². The molecule has 0 amide bonds. The lowest BCUT2D eigenvalue weighted by Crippen LogP contribution is -2.38. The van der Waals surface area contributed by atoms with Crippen LogP contribution in [0.2, 0.25) is 0 Å². The summed E-state index contributed by atoms with van der Waals surface area (Å²) in [6.07, 6.45) is 29.7. The van der Waals surface area contributed by atoms with Crippen molar-refractivity contribution in [2.45, 2.75) is 119 Å². The quantitative estimate of drug-likeness (QED) is 0.390. The largest absolute Gasteiger partial charge is 0.0728 e. The van der Waals surface area contributed by atoms with Crippen molar-refractivity contribution < 1.29 is 0 Å². The van der Waals surface area contributed by atoms with Crippen LogP contribution in [0.15, 0.2) is 42.5 Å². The van der Waals surface area contributed by atoms with Gasteiger partial charge in [-0.2, -0.15) is 0 Å². The Bertz CT molecular complexity index is 918. The van der Waals surface area contributed by atoms with E-state index < -0.39 is 7.26 Å². The first-order valence-corrected chi connectivity index (χ1v) is 16.6. The Hall–Kier alpha value is -1.13. The number of hydrogen-bond acceptors (Lipinski definition) is 0. The van der Waals surface area contributed by atoms with E-state index in [4.69, 9.17) is 0 Å². The fraction of sp³-hybridized carbons (Fsp3) is 0.625. The molecule has 3 saturated carbocycles. The molecule has 0 aliphatic heterocycles. The third-order valence-corrected chi connectivity index (χ3v) is 16.8. The fourth-order valence-corrected chi connectivity index (χ4v) is 16.4. The molecule has 33 heavy (non-hydrogen) atoms. The Kier molecular flexibility index (Phi) is 6.67. The molecular weight excluding hydrogens is 415 g/mol. The molecule has 0 heterocycles. The number of rotatable bonds is 5. The van der Waals surface area contributed by atoms with Crippen molar-refractivity contribution in [3.8, 4) is 0 Å². The third kappa shape index (κ3) is 4.14. The van der Waals surface area contributed by atoms with Gasteiger partial charge in [0.05, 0.1) is 23.1 Å². The van der Waals surface area contributed by atoms with Crippen molar-refractivity contribution in [1.82, 2.24) is 0 Å². The average Bonchev–Trinajstić information content (AvgIpc) is 2.90. The summed E-state index contributed by atoms with van der Waals surface area (Å²) in [4.78, 5) is 0. The Labute approximate surface area is 203 Å². The normalized spacial score (nSPS) is 25.5. The molecule has 2 aromatic carbocycles. The van der Waals surface area contributed by atoms with E-state index >= 15 is 0 Å². The van der Waals surface area contributed by atoms with Gasteiger partial charge in [-0.3, -0.25) is 0 Å². The SMILES string of the molecule is C1=CC(C[P+](C2CCCCC2)(C2CCCCC2)C2CCCCC2)c2cccc3cccc1c23. The van der Waals surface area contributed by atoms with E-state index in [0.717, 1.165) is 17.0 Å². The molecule has 4 aliphatic carbocycles. The van der Waals surface area contributed by atoms with Gasteiger partial charge in [0, 0.05) is 13.2 Å². The first-order chi connectivity index (χ1) is 16.4. The second kappa shape index (κ2) is 9.85. The van der Waals surface area contributed by atoms with Gasteiger partial charge in [0.2, 0.25) is 0 Å². The average molecular weight is 460 g/mol. The lowest BCUT2D eigenvalue weighted by atomic mass is 9.87. The van der Waals surface area contributed by atoms with Gasteiger partial charge in [-0.15, -0.1) is 0 Å². The maximum Gasteiger partial charge on any atom is 0.0706 e. The van der Waals surface area contributed by atoms with Crippen LogP contribution >= 0.6 is 7.26 Å². The van der Waals surface area contributed by atoms with Gasteiger partial charge >= 0.3 is 0 Å². The Morgan fingerprint density at radius 3 is 1.67 bits per heavy atom. The highest BCUT2D eigenvalue weighted by Crippen LogP contribution is 2.78. The monoisotopic (exact) mass is 459 g/mol. The second-order valence-electron chi connectivity index (χ2n) is 11.8. The zero-order valence-electron chi connectivity index (χ0n) is 20.7. The van der Waals surface area contributed by atoms with E-state index in [1.807, 2.05) is 0 Å². The summed E-state index contributed by atoms with van der Waals surface area (Å²) in [5.74, 6) is 0.655. The fourth-order valence-electron chi connectivity index (χ4n) is 8.70. The minimum atomic E-state index is -1.06. The zero-order valence-corrected chi connectivity index (χ0v) is 21.6. The molecule has 0 aromatic heterocycles. The first kappa shape index (κ1) is 22.3. The Balaban J connectivity index is 1.44. The molecule has 0 bridgehead atoms. The van der Waals surface area contributed by atoms with Gasteiger partial charge < -0.3 is 0 Å². The molecule has 2 aromatic rings. The van der Waals surface area contributed by atoms with Crippen LogP contribution in [0, 0.1) is 0 Å². The molecule has 0 nitrogen and oxygen atoms in total. The van der Waals surface area contributed by atoms with Crippen LogP contribution in [-0.4, -0.2) is 23.1 Å². The minimum Gasteiger partial charge on any atom is -0.0728 e. The van der Waals surface area contributed by atoms with Crippen molar-refractivity contribution in [2.24, 2.45) is 0 Å². The van der Waals surface area contributed by atoms with Gasteiger partial charge in [0.1, 0.15) is 0 Å². The van der Waals surface area contributed by atoms with Crippen LogP contribution in [0.5, 0.6) is 0 Å². The highest BCUT2D eigenvalue weighted by molar-refractivity contribution is 7.78. The summed E-state index contributed by atoms with van der Waals surface area (Å²) in [6, 6.07) is 14.1.